The van der Waals surface area contributed by atoms with Crippen molar-refractivity contribution in [3.63, 3.8) is 0 Å². The Hall–Kier alpha value is -2.93. The van der Waals surface area contributed by atoms with Gasteiger partial charge in [-0.25, -0.2) is 15.0 Å². The highest BCUT2D eigenvalue weighted by atomic mass is 16.5. The summed E-state index contributed by atoms with van der Waals surface area (Å²) in [6.07, 6.45) is 6.11. The van der Waals surface area contributed by atoms with Crippen LogP contribution in [0.2, 0.25) is 0 Å². The number of aromatic nitrogens is 5. The summed E-state index contributed by atoms with van der Waals surface area (Å²) in [6.45, 7) is 1.60. The third-order valence-electron chi connectivity index (χ3n) is 4.92. The van der Waals surface area contributed by atoms with Crippen molar-refractivity contribution in [2.45, 2.75) is 18.9 Å². The van der Waals surface area contributed by atoms with E-state index in [-0.39, 0.29) is 6.10 Å². The standard InChI is InChI=1S/C19H20N6O/c1-25-10-13(17-23-14-6-2-3-7-15(14)24-17)16-18(21-11-22-19(16)25)20-9-12-5-4-8-26-12/h2-3,6-7,10-12H,4-5,8-9H2,1H3,(H,23,24)(H,20,21,22). The van der Waals surface area contributed by atoms with Crippen molar-refractivity contribution >= 4 is 27.9 Å². The van der Waals surface area contributed by atoms with Crippen LogP contribution in [-0.4, -0.2) is 43.8 Å². The highest BCUT2D eigenvalue weighted by molar-refractivity contribution is 6.01. The summed E-state index contributed by atoms with van der Waals surface area (Å²) in [5.41, 5.74) is 3.84. The number of nitrogens with zero attached hydrogens (tertiary/aromatic N) is 4. The molecule has 1 atom stereocenters. The number of hydrogen-bond donors (Lipinski definition) is 2. The Kier molecular flexibility index (Phi) is 3.60. The quantitative estimate of drug-likeness (QED) is 0.592. The SMILES string of the molecule is Cn1cc(-c2nc3ccccc3[nH]2)c2c(NCC3CCCO3)ncnc21. The van der Waals surface area contributed by atoms with Gasteiger partial charge in [-0.2, -0.15) is 0 Å². The average molecular weight is 348 g/mol. The second-order valence-corrected chi connectivity index (χ2v) is 6.69. The minimum atomic E-state index is 0.248. The van der Waals surface area contributed by atoms with E-state index < -0.39 is 0 Å². The van der Waals surface area contributed by atoms with E-state index in [1.165, 1.54) is 0 Å². The zero-order valence-corrected chi connectivity index (χ0v) is 14.6. The number of hydrogen-bond acceptors (Lipinski definition) is 5. The molecule has 7 nitrogen and oxygen atoms in total. The number of para-hydroxylation sites is 2. The minimum absolute atomic E-state index is 0.248. The van der Waals surface area contributed by atoms with Crippen LogP contribution in [-0.2, 0) is 11.8 Å². The lowest BCUT2D eigenvalue weighted by atomic mass is 10.2. The lowest BCUT2D eigenvalue weighted by Gasteiger charge is -2.12. The van der Waals surface area contributed by atoms with Gasteiger partial charge < -0.3 is 19.6 Å². The summed E-state index contributed by atoms with van der Waals surface area (Å²) in [4.78, 5) is 17.1. The minimum Gasteiger partial charge on any atom is -0.376 e. The molecule has 4 heterocycles. The number of benzene rings is 1. The first kappa shape index (κ1) is 15.3. The first-order valence-electron chi connectivity index (χ1n) is 8.90. The molecule has 1 fully saturated rings. The molecule has 3 aromatic heterocycles. The van der Waals surface area contributed by atoms with Crippen molar-refractivity contribution in [3.05, 3.63) is 36.8 Å². The lowest BCUT2D eigenvalue weighted by molar-refractivity contribution is 0.120. The number of fused-ring (bicyclic) bond motifs is 2. The van der Waals surface area contributed by atoms with Gasteiger partial charge in [0.2, 0.25) is 0 Å². The molecular weight excluding hydrogens is 328 g/mol. The number of aromatic amines is 1. The van der Waals surface area contributed by atoms with Crippen molar-refractivity contribution in [1.29, 1.82) is 0 Å². The first-order chi connectivity index (χ1) is 12.8. The Morgan fingerprint density at radius 2 is 2.23 bits per heavy atom. The molecule has 5 rings (SSSR count). The van der Waals surface area contributed by atoms with E-state index >= 15 is 0 Å². The molecule has 0 spiro atoms. The van der Waals surface area contributed by atoms with Gasteiger partial charge in [0.15, 0.2) is 0 Å². The maximum atomic E-state index is 5.72. The normalized spacial score (nSPS) is 17.3. The monoisotopic (exact) mass is 348 g/mol. The van der Waals surface area contributed by atoms with Crippen molar-refractivity contribution in [3.8, 4) is 11.4 Å². The first-order valence-corrected chi connectivity index (χ1v) is 8.90. The molecule has 1 aliphatic heterocycles. The third-order valence-corrected chi connectivity index (χ3v) is 4.92. The van der Waals surface area contributed by atoms with Gasteiger partial charge in [0.1, 0.15) is 23.6 Å². The Labute approximate surface area is 150 Å². The van der Waals surface area contributed by atoms with Gasteiger partial charge in [-0.1, -0.05) is 12.1 Å². The largest absolute Gasteiger partial charge is 0.376 e. The van der Waals surface area contributed by atoms with E-state index in [2.05, 4.69) is 20.3 Å². The predicted octanol–water partition coefficient (Wildman–Crippen LogP) is 3.10. The second-order valence-electron chi connectivity index (χ2n) is 6.69. The van der Waals surface area contributed by atoms with E-state index in [0.717, 1.165) is 65.3 Å². The van der Waals surface area contributed by atoms with E-state index in [0.29, 0.717) is 0 Å². The molecule has 1 unspecified atom stereocenters. The van der Waals surface area contributed by atoms with Crippen LogP contribution in [0.25, 0.3) is 33.5 Å². The maximum Gasteiger partial charge on any atom is 0.145 e. The van der Waals surface area contributed by atoms with Crippen LogP contribution < -0.4 is 5.32 Å². The number of anilines is 1. The van der Waals surface area contributed by atoms with Crippen LogP contribution in [0.4, 0.5) is 5.82 Å². The van der Waals surface area contributed by atoms with Gasteiger partial charge in [-0.15, -0.1) is 0 Å². The summed E-state index contributed by atoms with van der Waals surface area (Å²) >= 11 is 0. The third kappa shape index (κ3) is 2.52. The number of imidazole rings is 1. The van der Waals surface area contributed by atoms with Gasteiger partial charge >= 0.3 is 0 Å². The average Bonchev–Trinajstić information content (AvgIpc) is 3.39. The van der Waals surface area contributed by atoms with Crippen LogP contribution in [0.3, 0.4) is 0 Å². The van der Waals surface area contributed by atoms with Gasteiger partial charge in [0.05, 0.1) is 22.5 Å². The second kappa shape index (κ2) is 6.10. The molecule has 0 amide bonds. The molecule has 26 heavy (non-hydrogen) atoms. The summed E-state index contributed by atoms with van der Waals surface area (Å²) < 4.78 is 7.73. The van der Waals surface area contributed by atoms with Crippen molar-refractivity contribution in [1.82, 2.24) is 24.5 Å². The fourth-order valence-electron chi connectivity index (χ4n) is 3.62. The maximum absolute atomic E-state index is 5.72. The Morgan fingerprint density at radius 3 is 3.08 bits per heavy atom. The molecule has 132 valence electrons. The topological polar surface area (TPSA) is 80.7 Å². The molecule has 0 radical (unpaired) electrons. The van der Waals surface area contributed by atoms with Crippen LogP contribution >= 0.6 is 0 Å². The predicted molar refractivity (Wildman–Crippen MR) is 101 cm³/mol. The van der Waals surface area contributed by atoms with E-state index in [9.17, 15) is 0 Å². The Morgan fingerprint density at radius 1 is 1.31 bits per heavy atom. The fraction of sp³-hybridized carbons (Fsp3) is 0.316. The number of rotatable bonds is 4. The summed E-state index contributed by atoms with van der Waals surface area (Å²) in [7, 11) is 1.99. The Bertz CT molecular complexity index is 1040. The van der Waals surface area contributed by atoms with Crippen molar-refractivity contribution < 1.29 is 4.74 Å². The molecule has 0 aliphatic carbocycles. The van der Waals surface area contributed by atoms with Crippen molar-refractivity contribution in [2.75, 3.05) is 18.5 Å². The van der Waals surface area contributed by atoms with Crippen LogP contribution in [0.1, 0.15) is 12.8 Å². The van der Waals surface area contributed by atoms with Crippen LogP contribution in [0.5, 0.6) is 0 Å². The van der Waals surface area contributed by atoms with Crippen LogP contribution in [0, 0.1) is 0 Å². The summed E-state index contributed by atoms with van der Waals surface area (Å²) in [5.74, 6) is 1.65. The molecule has 1 aliphatic rings. The molecule has 7 heteroatoms. The molecular formula is C19H20N6O. The molecule has 0 bridgehead atoms. The fourth-order valence-corrected chi connectivity index (χ4v) is 3.62. The van der Waals surface area contributed by atoms with Gasteiger partial charge in [-0.3, -0.25) is 0 Å². The number of nitrogens with one attached hydrogen (secondary N) is 2. The summed E-state index contributed by atoms with van der Waals surface area (Å²) in [5, 5.41) is 4.43. The van der Waals surface area contributed by atoms with Gasteiger partial charge in [0.25, 0.3) is 0 Å². The van der Waals surface area contributed by atoms with Gasteiger partial charge in [-0.05, 0) is 25.0 Å². The van der Waals surface area contributed by atoms with E-state index in [4.69, 9.17) is 9.72 Å². The highest BCUT2D eigenvalue weighted by Crippen LogP contribution is 2.33. The van der Waals surface area contributed by atoms with E-state index in [1.54, 1.807) is 6.33 Å². The zero-order chi connectivity index (χ0) is 17.5. The summed E-state index contributed by atoms with van der Waals surface area (Å²) in [6, 6.07) is 8.04. The smallest absolute Gasteiger partial charge is 0.145 e. The Balaban J connectivity index is 1.60. The van der Waals surface area contributed by atoms with E-state index in [1.807, 2.05) is 42.1 Å². The van der Waals surface area contributed by atoms with Crippen molar-refractivity contribution in [2.24, 2.45) is 7.05 Å². The zero-order valence-electron chi connectivity index (χ0n) is 14.6. The lowest BCUT2D eigenvalue weighted by Crippen LogP contribution is -2.19. The molecule has 0 saturated carbocycles. The number of aryl methyl sites for hydroxylation is 1. The number of ether oxygens (including phenoxy) is 1. The molecule has 1 aromatic carbocycles. The molecule has 4 aromatic rings. The molecule has 2 N–H and O–H groups in total. The highest BCUT2D eigenvalue weighted by Gasteiger charge is 2.20. The number of H-pyrrole nitrogens is 1. The van der Waals surface area contributed by atoms with Crippen LogP contribution in [0.15, 0.2) is 36.8 Å². The molecule has 1 saturated heterocycles. The van der Waals surface area contributed by atoms with Gasteiger partial charge in [0, 0.05) is 32.0 Å².